The lowest BCUT2D eigenvalue weighted by atomic mass is 9.91. The number of halogens is 1. The number of aliphatic hydroxyl groups excluding tert-OH is 1. The summed E-state index contributed by atoms with van der Waals surface area (Å²) in [7, 11) is 1.00. The number of carbonyl (C=O) groups excluding carboxylic acids is 1. The molecular weight excluding hydrogens is 405 g/mol. The fraction of sp³-hybridized carbons (Fsp3) is 0.222. The zero-order valence-electron chi connectivity index (χ0n) is 18.6. The number of nitrogens with one attached hydrogen (secondary N) is 1. The van der Waals surface area contributed by atoms with Gasteiger partial charge in [-0.2, -0.15) is 0 Å². The SMILES string of the molecule is C/C=C/C(c1ccccc1)c1ccccc1.CO.O=C(CCCc1ccc(F)cc1)NO. The molecule has 3 aromatic rings. The third kappa shape index (κ3) is 10.2. The van der Waals surface area contributed by atoms with E-state index >= 15 is 0 Å². The van der Waals surface area contributed by atoms with Crippen LogP contribution in [0.5, 0.6) is 0 Å². The molecule has 0 aliphatic rings. The van der Waals surface area contributed by atoms with Crippen LogP contribution in [-0.4, -0.2) is 23.3 Å². The van der Waals surface area contributed by atoms with Crippen molar-refractivity contribution in [1.29, 1.82) is 0 Å². The molecule has 0 heterocycles. The van der Waals surface area contributed by atoms with Gasteiger partial charge in [-0.25, -0.2) is 9.87 Å². The van der Waals surface area contributed by atoms with Crippen LogP contribution >= 0.6 is 0 Å². The van der Waals surface area contributed by atoms with Gasteiger partial charge in [-0.15, -0.1) is 0 Å². The van der Waals surface area contributed by atoms with Gasteiger partial charge >= 0.3 is 0 Å². The van der Waals surface area contributed by atoms with E-state index in [0.29, 0.717) is 18.8 Å². The molecule has 3 aromatic carbocycles. The number of aryl methyl sites for hydroxylation is 1. The highest BCUT2D eigenvalue weighted by Crippen LogP contribution is 2.25. The Kier molecular flexibility index (Phi) is 13.7. The van der Waals surface area contributed by atoms with Crippen LogP contribution in [0.2, 0.25) is 0 Å². The highest BCUT2D eigenvalue weighted by atomic mass is 19.1. The summed E-state index contributed by atoms with van der Waals surface area (Å²) >= 11 is 0. The molecule has 0 bridgehead atoms. The molecule has 0 atom stereocenters. The Hall–Kier alpha value is -3.28. The van der Waals surface area contributed by atoms with E-state index in [0.717, 1.165) is 12.7 Å². The van der Waals surface area contributed by atoms with Crippen molar-refractivity contribution < 1.29 is 19.5 Å². The molecular formula is C27H32FNO3. The van der Waals surface area contributed by atoms with Crippen molar-refractivity contribution in [2.24, 2.45) is 0 Å². The molecule has 0 aromatic heterocycles. The number of hydroxylamine groups is 1. The summed E-state index contributed by atoms with van der Waals surface area (Å²) in [4.78, 5) is 10.6. The van der Waals surface area contributed by atoms with Crippen LogP contribution in [0, 0.1) is 5.82 Å². The molecule has 0 saturated heterocycles. The molecule has 0 aliphatic carbocycles. The van der Waals surface area contributed by atoms with Gasteiger partial charge in [0.05, 0.1) is 0 Å². The van der Waals surface area contributed by atoms with Crippen LogP contribution < -0.4 is 5.48 Å². The van der Waals surface area contributed by atoms with Crippen molar-refractivity contribution in [3.05, 3.63) is 120 Å². The van der Waals surface area contributed by atoms with Gasteiger partial charge in [-0.05, 0) is 48.6 Å². The number of benzene rings is 3. The fourth-order valence-corrected chi connectivity index (χ4v) is 3.09. The molecule has 4 nitrogen and oxygen atoms in total. The topological polar surface area (TPSA) is 69.6 Å². The minimum absolute atomic E-state index is 0.262. The highest BCUT2D eigenvalue weighted by molar-refractivity contribution is 5.74. The summed E-state index contributed by atoms with van der Waals surface area (Å²) in [5, 5.41) is 15.2. The van der Waals surface area contributed by atoms with E-state index in [1.807, 2.05) is 0 Å². The zero-order valence-corrected chi connectivity index (χ0v) is 18.6. The smallest absolute Gasteiger partial charge is 0.243 e. The fourth-order valence-electron chi connectivity index (χ4n) is 3.09. The van der Waals surface area contributed by atoms with E-state index < -0.39 is 5.91 Å². The lowest BCUT2D eigenvalue weighted by Crippen LogP contribution is -2.18. The summed E-state index contributed by atoms with van der Waals surface area (Å²) < 4.78 is 12.5. The van der Waals surface area contributed by atoms with Gasteiger partial charge in [-0.3, -0.25) is 10.0 Å². The Bertz CT molecular complexity index is 858. The van der Waals surface area contributed by atoms with Gasteiger partial charge in [0.2, 0.25) is 5.91 Å². The molecule has 1 amide bonds. The van der Waals surface area contributed by atoms with Crippen LogP contribution in [0.3, 0.4) is 0 Å². The van der Waals surface area contributed by atoms with E-state index in [4.69, 9.17) is 10.3 Å². The number of aliphatic hydroxyl groups is 1. The maximum Gasteiger partial charge on any atom is 0.243 e. The van der Waals surface area contributed by atoms with Crippen LogP contribution in [0.1, 0.15) is 42.4 Å². The van der Waals surface area contributed by atoms with Crippen molar-refractivity contribution in [3.8, 4) is 0 Å². The third-order valence-electron chi connectivity index (χ3n) is 4.61. The van der Waals surface area contributed by atoms with Gasteiger partial charge < -0.3 is 5.11 Å². The first-order valence-electron chi connectivity index (χ1n) is 10.5. The van der Waals surface area contributed by atoms with E-state index in [2.05, 4.69) is 79.7 Å². The number of hydrogen-bond acceptors (Lipinski definition) is 3. The van der Waals surface area contributed by atoms with E-state index in [-0.39, 0.29) is 12.2 Å². The first kappa shape index (κ1) is 26.8. The molecule has 32 heavy (non-hydrogen) atoms. The second kappa shape index (κ2) is 16.4. The molecule has 0 saturated carbocycles. The van der Waals surface area contributed by atoms with Gasteiger partial charge in [0.15, 0.2) is 0 Å². The lowest BCUT2D eigenvalue weighted by molar-refractivity contribution is -0.129. The first-order valence-corrected chi connectivity index (χ1v) is 10.5. The Balaban J connectivity index is 0.000000300. The molecule has 0 fully saturated rings. The summed E-state index contributed by atoms with van der Waals surface area (Å²) in [6, 6.07) is 27.3. The number of allylic oxidation sites excluding steroid dienone is 2. The molecule has 0 radical (unpaired) electrons. The van der Waals surface area contributed by atoms with Crippen molar-refractivity contribution >= 4 is 5.91 Å². The van der Waals surface area contributed by atoms with Gasteiger partial charge in [0, 0.05) is 19.4 Å². The third-order valence-corrected chi connectivity index (χ3v) is 4.61. The number of carbonyl (C=O) groups is 1. The number of hydrogen-bond donors (Lipinski definition) is 3. The Labute approximate surface area is 190 Å². The average Bonchev–Trinajstić information content (AvgIpc) is 2.86. The molecule has 0 unspecified atom stereocenters. The largest absolute Gasteiger partial charge is 0.400 e. The zero-order chi connectivity index (χ0) is 23.6. The van der Waals surface area contributed by atoms with Crippen molar-refractivity contribution in [2.45, 2.75) is 32.1 Å². The van der Waals surface area contributed by atoms with Crippen molar-refractivity contribution in [1.82, 2.24) is 5.48 Å². The van der Waals surface area contributed by atoms with Crippen LogP contribution in [0.25, 0.3) is 0 Å². The summed E-state index contributed by atoms with van der Waals surface area (Å²) in [5.74, 6) is -0.290. The maximum absolute atomic E-state index is 12.5. The minimum Gasteiger partial charge on any atom is -0.400 e. The summed E-state index contributed by atoms with van der Waals surface area (Å²) in [6.07, 6.45) is 5.97. The van der Waals surface area contributed by atoms with Crippen LogP contribution in [-0.2, 0) is 11.2 Å². The van der Waals surface area contributed by atoms with Gasteiger partial charge in [-0.1, -0.05) is 84.9 Å². The van der Waals surface area contributed by atoms with E-state index in [1.54, 1.807) is 17.6 Å². The van der Waals surface area contributed by atoms with E-state index in [1.165, 1.54) is 23.3 Å². The first-order chi connectivity index (χ1) is 15.6. The molecule has 5 heteroatoms. The summed E-state index contributed by atoms with van der Waals surface area (Å²) in [5.41, 5.74) is 5.22. The van der Waals surface area contributed by atoms with Crippen molar-refractivity contribution in [2.75, 3.05) is 7.11 Å². The molecule has 0 spiro atoms. The molecule has 0 aliphatic heterocycles. The molecule has 170 valence electrons. The quantitative estimate of drug-likeness (QED) is 0.254. The minimum atomic E-state index is -0.396. The predicted molar refractivity (Wildman–Crippen MR) is 127 cm³/mol. The van der Waals surface area contributed by atoms with Crippen molar-refractivity contribution in [3.63, 3.8) is 0 Å². The van der Waals surface area contributed by atoms with Gasteiger partial charge in [0.25, 0.3) is 0 Å². The van der Waals surface area contributed by atoms with Crippen LogP contribution in [0.15, 0.2) is 97.1 Å². The second-order valence-electron chi connectivity index (χ2n) is 6.84. The Morgan fingerprint density at radius 3 is 1.84 bits per heavy atom. The average molecular weight is 438 g/mol. The predicted octanol–water partition coefficient (Wildman–Crippen LogP) is 5.66. The van der Waals surface area contributed by atoms with Gasteiger partial charge in [0.1, 0.15) is 5.82 Å². The highest BCUT2D eigenvalue weighted by Gasteiger charge is 2.08. The normalized spacial score (nSPS) is 10.1. The molecule has 3 N–H and O–H groups in total. The monoisotopic (exact) mass is 437 g/mol. The number of amides is 1. The molecule has 3 rings (SSSR count). The van der Waals surface area contributed by atoms with E-state index in [9.17, 15) is 9.18 Å². The standard InChI is InChI=1S/C16H16.C10H12FNO2.CH4O/c1-2-9-16(14-10-5-3-6-11-14)15-12-7-4-8-13-15;11-9-6-4-8(5-7-9)2-1-3-10(13)12-14;1-2/h2-13,16H,1H3;4-7,14H,1-3H2,(H,12,13);2H,1H3/b9-2+;;. The maximum atomic E-state index is 12.5. The van der Waals surface area contributed by atoms with Crippen LogP contribution in [0.4, 0.5) is 4.39 Å². The number of rotatable bonds is 7. The Morgan fingerprint density at radius 2 is 1.41 bits per heavy atom. The summed E-state index contributed by atoms with van der Waals surface area (Å²) in [6.45, 7) is 2.07. The second-order valence-corrected chi connectivity index (χ2v) is 6.84. The lowest BCUT2D eigenvalue weighted by Gasteiger charge is -2.13. The Morgan fingerprint density at radius 1 is 0.906 bits per heavy atom.